The summed E-state index contributed by atoms with van der Waals surface area (Å²) >= 11 is 3.33. The van der Waals surface area contributed by atoms with Gasteiger partial charge < -0.3 is 10.6 Å². The van der Waals surface area contributed by atoms with Crippen molar-refractivity contribution in [1.82, 2.24) is 10.6 Å². The van der Waals surface area contributed by atoms with Crippen molar-refractivity contribution in [3.05, 3.63) is 82.3 Å². The predicted octanol–water partition coefficient (Wildman–Crippen LogP) is 3.76. The summed E-state index contributed by atoms with van der Waals surface area (Å²) in [5.41, 5.74) is 1.22. The van der Waals surface area contributed by atoms with Gasteiger partial charge in [-0.1, -0.05) is 52.3 Å². The van der Waals surface area contributed by atoms with Crippen molar-refractivity contribution in [2.24, 2.45) is 0 Å². The fourth-order valence-corrected chi connectivity index (χ4v) is 2.84. The van der Waals surface area contributed by atoms with E-state index in [0.29, 0.717) is 24.2 Å². The maximum atomic E-state index is 12.4. The first-order chi connectivity index (χ1) is 12.1. The van der Waals surface area contributed by atoms with Crippen molar-refractivity contribution in [3.63, 3.8) is 0 Å². The van der Waals surface area contributed by atoms with Crippen LogP contribution < -0.4 is 10.6 Å². The van der Waals surface area contributed by atoms with E-state index in [1.54, 1.807) is 18.2 Å². The van der Waals surface area contributed by atoms with E-state index in [9.17, 15) is 9.59 Å². The Labute approximate surface area is 154 Å². The third kappa shape index (κ3) is 4.25. The highest BCUT2D eigenvalue weighted by atomic mass is 79.9. The molecule has 0 radical (unpaired) electrons. The highest BCUT2D eigenvalue weighted by Crippen LogP contribution is 2.18. The topological polar surface area (TPSA) is 58.2 Å². The largest absolute Gasteiger partial charge is 0.350 e. The van der Waals surface area contributed by atoms with E-state index >= 15 is 0 Å². The van der Waals surface area contributed by atoms with Gasteiger partial charge in [-0.3, -0.25) is 9.59 Å². The van der Waals surface area contributed by atoms with Crippen LogP contribution in [0.2, 0.25) is 0 Å². The lowest BCUT2D eigenvalue weighted by Gasteiger charge is -2.09. The van der Waals surface area contributed by atoms with Crippen LogP contribution in [0.3, 0.4) is 0 Å². The Hall–Kier alpha value is -2.66. The summed E-state index contributed by atoms with van der Waals surface area (Å²) in [5, 5.41) is 7.58. The number of benzene rings is 3. The van der Waals surface area contributed by atoms with Gasteiger partial charge in [-0.05, 0) is 41.1 Å². The Balaban J connectivity index is 1.54. The van der Waals surface area contributed by atoms with Gasteiger partial charge >= 0.3 is 0 Å². The van der Waals surface area contributed by atoms with Crippen molar-refractivity contribution in [2.75, 3.05) is 13.1 Å². The number of nitrogens with one attached hydrogen (secondary N) is 2. The van der Waals surface area contributed by atoms with Crippen LogP contribution >= 0.6 is 15.9 Å². The summed E-state index contributed by atoms with van der Waals surface area (Å²) in [7, 11) is 0. The molecular formula is C20H17BrN2O2. The summed E-state index contributed by atoms with van der Waals surface area (Å²) in [4.78, 5) is 24.4. The molecule has 2 amide bonds. The molecule has 0 saturated carbocycles. The number of halogens is 1. The highest BCUT2D eigenvalue weighted by Gasteiger charge is 2.09. The minimum atomic E-state index is -0.160. The van der Waals surface area contributed by atoms with E-state index < -0.39 is 0 Å². The van der Waals surface area contributed by atoms with Crippen molar-refractivity contribution >= 4 is 38.5 Å². The smallest absolute Gasteiger partial charge is 0.251 e. The molecule has 0 aromatic heterocycles. The maximum Gasteiger partial charge on any atom is 0.251 e. The lowest BCUT2D eigenvalue weighted by molar-refractivity contribution is 0.0928. The second-order valence-corrected chi connectivity index (χ2v) is 6.46. The Kier molecular flexibility index (Phi) is 5.46. The molecule has 0 bridgehead atoms. The van der Waals surface area contributed by atoms with Crippen LogP contribution in [-0.2, 0) is 0 Å². The molecule has 0 aliphatic heterocycles. The lowest BCUT2D eigenvalue weighted by atomic mass is 10.0. The van der Waals surface area contributed by atoms with Gasteiger partial charge in [0, 0.05) is 28.7 Å². The molecule has 0 aliphatic rings. The third-order valence-electron chi connectivity index (χ3n) is 3.84. The Morgan fingerprint density at radius 1 is 0.760 bits per heavy atom. The quantitative estimate of drug-likeness (QED) is 0.645. The molecule has 0 spiro atoms. The summed E-state index contributed by atoms with van der Waals surface area (Å²) < 4.78 is 0.923. The molecule has 0 heterocycles. The monoisotopic (exact) mass is 396 g/mol. The molecule has 0 fully saturated rings. The number of hydrogen-bond acceptors (Lipinski definition) is 2. The van der Waals surface area contributed by atoms with Gasteiger partial charge in [0.1, 0.15) is 0 Å². The summed E-state index contributed by atoms with van der Waals surface area (Å²) in [5.74, 6) is -0.304. The second-order valence-electron chi connectivity index (χ2n) is 5.55. The van der Waals surface area contributed by atoms with Crippen LogP contribution in [0.5, 0.6) is 0 Å². The molecule has 126 valence electrons. The van der Waals surface area contributed by atoms with Crippen LogP contribution in [0.1, 0.15) is 20.7 Å². The molecule has 0 unspecified atom stereocenters. The molecule has 4 nitrogen and oxygen atoms in total. The number of rotatable bonds is 5. The molecule has 0 saturated heterocycles. The predicted molar refractivity (Wildman–Crippen MR) is 103 cm³/mol. The fraction of sp³-hybridized carbons (Fsp3) is 0.100. The van der Waals surface area contributed by atoms with Crippen LogP contribution in [0.4, 0.5) is 0 Å². The standard InChI is InChI=1S/C20H17BrN2O2/c21-16-10-8-15(9-11-16)19(24)22-12-13-23-20(25)18-7-3-5-14-4-1-2-6-17(14)18/h1-11H,12-13H2,(H,22,24)(H,23,25). The Morgan fingerprint density at radius 2 is 1.40 bits per heavy atom. The number of carbonyl (C=O) groups is 2. The van der Waals surface area contributed by atoms with Crippen LogP contribution in [0.15, 0.2) is 71.2 Å². The molecule has 3 rings (SSSR count). The third-order valence-corrected chi connectivity index (χ3v) is 4.37. The number of amides is 2. The first kappa shape index (κ1) is 17.2. The summed E-state index contributed by atoms with van der Waals surface area (Å²) in [6.45, 7) is 0.732. The molecule has 3 aromatic carbocycles. The summed E-state index contributed by atoms with van der Waals surface area (Å²) in [6, 6.07) is 20.5. The molecule has 0 aliphatic carbocycles. The molecule has 0 atom stereocenters. The zero-order valence-corrected chi connectivity index (χ0v) is 15.0. The van der Waals surface area contributed by atoms with E-state index in [0.717, 1.165) is 15.2 Å². The van der Waals surface area contributed by atoms with Gasteiger partial charge in [-0.2, -0.15) is 0 Å². The van der Waals surface area contributed by atoms with Crippen LogP contribution in [0.25, 0.3) is 10.8 Å². The first-order valence-corrected chi connectivity index (χ1v) is 8.74. The van der Waals surface area contributed by atoms with Gasteiger partial charge in [0.15, 0.2) is 0 Å². The second kappa shape index (κ2) is 7.94. The van der Waals surface area contributed by atoms with Crippen molar-refractivity contribution in [2.45, 2.75) is 0 Å². The zero-order valence-electron chi connectivity index (χ0n) is 13.5. The Bertz CT molecular complexity index is 902. The average Bonchev–Trinajstić information content (AvgIpc) is 2.65. The zero-order chi connectivity index (χ0) is 17.6. The molecule has 5 heteroatoms. The van der Waals surface area contributed by atoms with Gasteiger partial charge in [0.25, 0.3) is 11.8 Å². The lowest BCUT2D eigenvalue weighted by Crippen LogP contribution is -2.34. The van der Waals surface area contributed by atoms with Gasteiger partial charge in [0.05, 0.1) is 0 Å². The minimum absolute atomic E-state index is 0.144. The number of carbonyl (C=O) groups excluding carboxylic acids is 2. The highest BCUT2D eigenvalue weighted by molar-refractivity contribution is 9.10. The van der Waals surface area contributed by atoms with Crippen molar-refractivity contribution in [1.29, 1.82) is 0 Å². The normalized spacial score (nSPS) is 10.4. The van der Waals surface area contributed by atoms with Gasteiger partial charge in [-0.15, -0.1) is 0 Å². The van der Waals surface area contributed by atoms with E-state index in [2.05, 4.69) is 26.6 Å². The minimum Gasteiger partial charge on any atom is -0.350 e. The van der Waals surface area contributed by atoms with E-state index in [1.807, 2.05) is 48.5 Å². The maximum absolute atomic E-state index is 12.4. The van der Waals surface area contributed by atoms with Crippen LogP contribution in [0, 0.1) is 0 Å². The van der Waals surface area contributed by atoms with E-state index in [1.165, 1.54) is 0 Å². The number of hydrogen-bond donors (Lipinski definition) is 2. The Morgan fingerprint density at radius 3 is 2.16 bits per heavy atom. The first-order valence-electron chi connectivity index (χ1n) is 7.95. The molecule has 25 heavy (non-hydrogen) atoms. The van der Waals surface area contributed by atoms with Gasteiger partial charge in [0.2, 0.25) is 0 Å². The average molecular weight is 397 g/mol. The summed E-state index contributed by atoms with van der Waals surface area (Å²) in [6.07, 6.45) is 0. The van der Waals surface area contributed by atoms with Crippen molar-refractivity contribution < 1.29 is 9.59 Å². The van der Waals surface area contributed by atoms with E-state index in [-0.39, 0.29) is 11.8 Å². The molecule has 3 aromatic rings. The van der Waals surface area contributed by atoms with Gasteiger partial charge in [-0.25, -0.2) is 0 Å². The van der Waals surface area contributed by atoms with E-state index in [4.69, 9.17) is 0 Å². The molecule has 2 N–H and O–H groups in total. The SMILES string of the molecule is O=C(NCCNC(=O)c1cccc2ccccc12)c1ccc(Br)cc1. The number of fused-ring (bicyclic) bond motifs is 1. The molecular weight excluding hydrogens is 380 g/mol. The van der Waals surface area contributed by atoms with Crippen LogP contribution in [-0.4, -0.2) is 24.9 Å². The van der Waals surface area contributed by atoms with Crippen molar-refractivity contribution in [3.8, 4) is 0 Å². The fourth-order valence-electron chi connectivity index (χ4n) is 2.57.